The molecule has 0 amide bonds. The molecule has 0 aromatic carbocycles. The summed E-state index contributed by atoms with van der Waals surface area (Å²) in [6.07, 6.45) is 0. The molecule has 0 aromatic rings. The van der Waals surface area contributed by atoms with Crippen molar-refractivity contribution in [2.45, 2.75) is 20.8 Å². The zero-order valence-corrected chi connectivity index (χ0v) is 14.9. The van der Waals surface area contributed by atoms with Crippen LogP contribution in [-0.4, -0.2) is 43.6 Å². The molecule has 8 nitrogen and oxygen atoms in total. The minimum Gasteiger partial charge on any atom is -0.328 e. The van der Waals surface area contributed by atoms with Crippen LogP contribution < -0.4 is 0 Å². The Kier molecular flexibility index (Phi) is 9.03. The van der Waals surface area contributed by atoms with Gasteiger partial charge in [-0.25, -0.2) is 0 Å². The van der Waals surface area contributed by atoms with Crippen LogP contribution in [0.3, 0.4) is 0 Å². The normalized spacial score (nSPS) is 18.4. The quantitative estimate of drug-likeness (QED) is 0.564. The van der Waals surface area contributed by atoms with Gasteiger partial charge in [-0.15, -0.1) is 0 Å². The van der Waals surface area contributed by atoms with Crippen molar-refractivity contribution in [3.63, 3.8) is 0 Å². The minimum absolute atomic E-state index is 0.0409. The second kappa shape index (κ2) is 8.82. The van der Waals surface area contributed by atoms with Gasteiger partial charge in [-0.1, -0.05) is 0 Å². The molecular formula is C9H23O8P3. The molecule has 0 saturated heterocycles. The van der Waals surface area contributed by atoms with E-state index in [2.05, 4.69) is 4.52 Å². The highest BCUT2D eigenvalue weighted by atomic mass is 31.3. The highest BCUT2D eigenvalue weighted by molar-refractivity contribution is 7.80. The van der Waals surface area contributed by atoms with Gasteiger partial charge in [-0.2, -0.15) is 0 Å². The van der Waals surface area contributed by atoms with E-state index in [0.717, 1.165) is 7.11 Å². The van der Waals surface area contributed by atoms with E-state index in [1.807, 2.05) is 0 Å². The Balaban J connectivity index is 5.21. The summed E-state index contributed by atoms with van der Waals surface area (Å²) in [5, 5.41) is 0. The topological polar surface area (TPSA) is 108 Å². The second-order valence-electron chi connectivity index (χ2n) is 3.78. The van der Waals surface area contributed by atoms with Crippen LogP contribution in [0.2, 0.25) is 0 Å². The summed E-state index contributed by atoms with van der Waals surface area (Å²) in [6, 6.07) is 0. The van der Waals surface area contributed by atoms with Crippen molar-refractivity contribution in [2.75, 3.05) is 38.7 Å². The SMILES string of the molecule is CCOP(=O)(CP(=O)(O)OC)CP(=O)(OCC)OCC. The van der Waals surface area contributed by atoms with Gasteiger partial charge in [0.05, 0.1) is 19.8 Å². The number of rotatable bonds is 11. The Morgan fingerprint density at radius 1 is 0.850 bits per heavy atom. The average Bonchev–Trinajstić information content (AvgIpc) is 2.28. The van der Waals surface area contributed by atoms with Gasteiger partial charge in [0.1, 0.15) is 11.8 Å². The molecule has 0 radical (unpaired) electrons. The zero-order valence-electron chi connectivity index (χ0n) is 12.2. The molecule has 1 N–H and O–H groups in total. The summed E-state index contributed by atoms with van der Waals surface area (Å²) in [4.78, 5) is 9.45. The van der Waals surface area contributed by atoms with Crippen LogP contribution in [0.15, 0.2) is 0 Å². The number of hydrogen-bond acceptors (Lipinski definition) is 7. The maximum absolute atomic E-state index is 12.6. The molecule has 11 heteroatoms. The van der Waals surface area contributed by atoms with Crippen molar-refractivity contribution in [1.29, 1.82) is 0 Å². The third kappa shape index (κ3) is 7.48. The molecule has 0 heterocycles. The molecule has 0 spiro atoms. The van der Waals surface area contributed by atoms with Gasteiger partial charge in [-0.05, 0) is 20.8 Å². The van der Waals surface area contributed by atoms with Gasteiger partial charge < -0.3 is 23.0 Å². The van der Waals surface area contributed by atoms with Crippen LogP contribution in [0.4, 0.5) is 0 Å². The van der Waals surface area contributed by atoms with Gasteiger partial charge in [0.25, 0.3) is 0 Å². The first kappa shape index (κ1) is 20.5. The van der Waals surface area contributed by atoms with Crippen LogP contribution in [0, 0.1) is 0 Å². The highest BCUT2D eigenvalue weighted by Gasteiger charge is 2.42. The molecule has 20 heavy (non-hydrogen) atoms. The summed E-state index contributed by atoms with van der Waals surface area (Å²) in [5.74, 6) is -1.28. The van der Waals surface area contributed by atoms with Gasteiger partial charge in [0.15, 0.2) is 0 Å². The van der Waals surface area contributed by atoms with Crippen LogP contribution in [0.5, 0.6) is 0 Å². The van der Waals surface area contributed by atoms with Gasteiger partial charge in [0.2, 0.25) is 7.37 Å². The van der Waals surface area contributed by atoms with E-state index in [1.165, 1.54) is 0 Å². The third-order valence-electron chi connectivity index (χ3n) is 2.08. The Morgan fingerprint density at radius 2 is 1.30 bits per heavy atom. The van der Waals surface area contributed by atoms with E-state index in [-0.39, 0.29) is 19.8 Å². The molecule has 122 valence electrons. The number of hydrogen-bond donors (Lipinski definition) is 1. The standard InChI is InChI=1S/C9H23O8P3/c1-5-15-18(10,8-19(11,12)14-4)9-20(13,16-6-2)17-7-3/h5-9H2,1-4H3,(H,11,12). The van der Waals surface area contributed by atoms with Crippen molar-refractivity contribution >= 4 is 22.6 Å². The van der Waals surface area contributed by atoms with Crippen molar-refractivity contribution in [3.8, 4) is 0 Å². The fraction of sp³-hybridized carbons (Fsp3) is 1.00. The summed E-state index contributed by atoms with van der Waals surface area (Å²) >= 11 is 0. The maximum Gasteiger partial charge on any atom is 0.340 e. The summed E-state index contributed by atoms with van der Waals surface area (Å²) in [5.41, 5.74) is 0. The van der Waals surface area contributed by atoms with Gasteiger partial charge >= 0.3 is 15.2 Å². The van der Waals surface area contributed by atoms with Crippen molar-refractivity contribution in [3.05, 3.63) is 0 Å². The fourth-order valence-corrected chi connectivity index (χ4v) is 10.0. The Morgan fingerprint density at radius 3 is 1.65 bits per heavy atom. The maximum atomic E-state index is 12.6. The molecule has 0 fully saturated rings. The largest absolute Gasteiger partial charge is 0.340 e. The lowest BCUT2D eigenvalue weighted by Gasteiger charge is -2.24. The van der Waals surface area contributed by atoms with Crippen LogP contribution in [-0.2, 0) is 31.8 Å². The Hall–Kier alpha value is 0.490. The highest BCUT2D eigenvalue weighted by Crippen LogP contribution is 2.68. The molecule has 0 aromatic heterocycles. The molecule has 0 rings (SSSR count). The van der Waals surface area contributed by atoms with Gasteiger partial charge in [0, 0.05) is 7.11 Å². The Bertz CT molecular complexity index is 413. The van der Waals surface area contributed by atoms with E-state index >= 15 is 0 Å². The van der Waals surface area contributed by atoms with E-state index in [0.29, 0.717) is 0 Å². The summed E-state index contributed by atoms with van der Waals surface area (Å²) in [6.45, 7) is 5.05. The molecule has 0 aliphatic carbocycles. The first-order valence-electron chi connectivity index (χ1n) is 6.14. The van der Waals surface area contributed by atoms with Crippen molar-refractivity contribution in [1.82, 2.24) is 0 Å². The molecule has 0 saturated carbocycles. The first-order chi connectivity index (χ1) is 9.16. The Labute approximate surface area is 119 Å². The van der Waals surface area contributed by atoms with Gasteiger partial charge in [-0.3, -0.25) is 13.7 Å². The summed E-state index contributed by atoms with van der Waals surface area (Å²) in [7, 11) is -10.4. The van der Waals surface area contributed by atoms with Crippen LogP contribution in [0.1, 0.15) is 20.8 Å². The molecule has 2 atom stereocenters. The average molecular weight is 352 g/mol. The lowest BCUT2D eigenvalue weighted by atomic mass is 10.9. The van der Waals surface area contributed by atoms with Crippen molar-refractivity contribution in [2.24, 2.45) is 0 Å². The first-order valence-corrected chi connectivity index (χ1v) is 11.6. The lowest BCUT2D eigenvalue weighted by molar-refractivity contribution is 0.222. The monoisotopic (exact) mass is 352 g/mol. The predicted octanol–water partition coefficient (Wildman–Crippen LogP) is 3.31. The van der Waals surface area contributed by atoms with Crippen LogP contribution >= 0.6 is 22.6 Å². The molecule has 0 bridgehead atoms. The lowest BCUT2D eigenvalue weighted by Crippen LogP contribution is -2.06. The van der Waals surface area contributed by atoms with E-state index in [1.54, 1.807) is 20.8 Å². The summed E-state index contributed by atoms with van der Waals surface area (Å²) < 4.78 is 56.1. The third-order valence-corrected chi connectivity index (χ3v) is 10.9. The minimum atomic E-state index is -4.07. The zero-order chi connectivity index (χ0) is 15.9. The second-order valence-corrected chi connectivity index (χ2v) is 11.3. The van der Waals surface area contributed by atoms with E-state index in [9.17, 15) is 18.6 Å². The van der Waals surface area contributed by atoms with E-state index in [4.69, 9.17) is 13.6 Å². The van der Waals surface area contributed by atoms with E-state index < -0.39 is 34.4 Å². The predicted molar refractivity (Wildman–Crippen MR) is 76.7 cm³/mol. The molecule has 0 aliphatic rings. The fourth-order valence-electron chi connectivity index (χ4n) is 1.47. The molecule has 0 aliphatic heterocycles. The van der Waals surface area contributed by atoms with Crippen molar-refractivity contribution < 1.29 is 36.7 Å². The molecule has 2 unspecified atom stereocenters. The molecular weight excluding hydrogens is 329 g/mol. The van der Waals surface area contributed by atoms with Crippen LogP contribution in [0.25, 0.3) is 0 Å². The smallest absolute Gasteiger partial charge is 0.328 e.